The molecule has 2 fully saturated rings. The van der Waals surface area contributed by atoms with Gasteiger partial charge in [0, 0.05) is 26.2 Å². The van der Waals surface area contributed by atoms with E-state index >= 15 is 0 Å². The predicted octanol–water partition coefficient (Wildman–Crippen LogP) is 3.41. The number of benzene rings is 1. The molecule has 2 aliphatic rings. The molecule has 1 aromatic carbocycles. The average molecular weight is 380 g/mol. The predicted molar refractivity (Wildman–Crippen MR) is 112 cm³/mol. The third-order valence-corrected chi connectivity index (χ3v) is 5.63. The molecule has 2 saturated heterocycles. The van der Waals surface area contributed by atoms with E-state index in [2.05, 4.69) is 27.0 Å². The van der Waals surface area contributed by atoms with E-state index in [1.165, 1.54) is 12.8 Å². The number of morpholine rings is 1. The Kier molecular flexibility index (Phi) is 5.76. The van der Waals surface area contributed by atoms with Gasteiger partial charge in [-0.15, -0.1) is 0 Å². The van der Waals surface area contributed by atoms with Crippen LogP contribution in [0.2, 0.25) is 0 Å². The van der Waals surface area contributed by atoms with Gasteiger partial charge >= 0.3 is 0 Å². The SMILES string of the molecule is CC1CCN(c2ccc(C(=O)Nc3ccccc3N3CCOCC3)nc2)CC1. The van der Waals surface area contributed by atoms with Crippen LogP contribution in [0.25, 0.3) is 0 Å². The van der Waals surface area contributed by atoms with Crippen LogP contribution >= 0.6 is 0 Å². The van der Waals surface area contributed by atoms with Crippen LogP contribution < -0.4 is 15.1 Å². The van der Waals surface area contributed by atoms with Crippen LogP contribution in [-0.4, -0.2) is 50.3 Å². The van der Waals surface area contributed by atoms with Gasteiger partial charge in [0.2, 0.25) is 0 Å². The average Bonchev–Trinajstić information content (AvgIpc) is 2.75. The van der Waals surface area contributed by atoms with Crippen LogP contribution in [-0.2, 0) is 4.74 Å². The zero-order valence-electron chi connectivity index (χ0n) is 16.4. The largest absolute Gasteiger partial charge is 0.378 e. The summed E-state index contributed by atoms with van der Waals surface area (Å²) in [5.41, 5.74) is 3.37. The number of anilines is 3. The molecule has 148 valence electrons. The lowest BCUT2D eigenvalue weighted by Gasteiger charge is -2.31. The highest BCUT2D eigenvalue weighted by atomic mass is 16.5. The van der Waals surface area contributed by atoms with Crippen LogP contribution in [0.4, 0.5) is 17.1 Å². The molecule has 0 unspecified atom stereocenters. The zero-order chi connectivity index (χ0) is 19.3. The van der Waals surface area contributed by atoms with Crippen molar-refractivity contribution in [1.29, 1.82) is 0 Å². The molecular weight excluding hydrogens is 352 g/mol. The second-order valence-corrected chi connectivity index (χ2v) is 7.64. The molecule has 0 bridgehead atoms. The Morgan fingerprint density at radius 3 is 2.50 bits per heavy atom. The van der Waals surface area contributed by atoms with Crippen molar-refractivity contribution in [1.82, 2.24) is 4.98 Å². The molecule has 0 radical (unpaired) electrons. The summed E-state index contributed by atoms with van der Waals surface area (Å²) in [5, 5.41) is 3.03. The number of carbonyl (C=O) groups is 1. The Morgan fingerprint density at radius 2 is 1.79 bits per heavy atom. The highest BCUT2D eigenvalue weighted by Crippen LogP contribution is 2.27. The Bertz CT molecular complexity index is 794. The lowest BCUT2D eigenvalue weighted by molar-refractivity contribution is 0.102. The summed E-state index contributed by atoms with van der Waals surface area (Å²) in [6.45, 7) is 7.49. The first-order valence-corrected chi connectivity index (χ1v) is 10.1. The van der Waals surface area contributed by atoms with E-state index in [4.69, 9.17) is 4.74 Å². The number of hydrogen-bond donors (Lipinski definition) is 1. The Morgan fingerprint density at radius 1 is 1.04 bits per heavy atom. The van der Waals surface area contributed by atoms with Crippen molar-refractivity contribution in [2.75, 3.05) is 54.5 Å². The van der Waals surface area contributed by atoms with Crippen LogP contribution in [0.3, 0.4) is 0 Å². The third kappa shape index (κ3) is 4.28. The van der Waals surface area contributed by atoms with Crippen LogP contribution in [0.15, 0.2) is 42.6 Å². The van der Waals surface area contributed by atoms with Crippen LogP contribution in [0, 0.1) is 5.92 Å². The van der Waals surface area contributed by atoms with E-state index in [9.17, 15) is 4.79 Å². The molecule has 6 nitrogen and oxygen atoms in total. The number of hydrogen-bond acceptors (Lipinski definition) is 5. The number of para-hydroxylation sites is 2. The first kappa shape index (κ1) is 18.7. The summed E-state index contributed by atoms with van der Waals surface area (Å²) < 4.78 is 5.44. The van der Waals surface area contributed by atoms with E-state index in [1.54, 1.807) is 0 Å². The summed E-state index contributed by atoms with van der Waals surface area (Å²) in [4.78, 5) is 21.8. The fourth-order valence-electron chi connectivity index (χ4n) is 3.82. The van der Waals surface area contributed by atoms with E-state index in [1.807, 2.05) is 42.6 Å². The lowest BCUT2D eigenvalue weighted by atomic mass is 9.99. The molecule has 3 heterocycles. The minimum atomic E-state index is -0.181. The monoisotopic (exact) mass is 380 g/mol. The van der Waals surface area contributed by atoms with Gasteiger partial charge in [-0.25, -0.2) is 4.98 Å². The molecular formula is C22H28N4O2. The highest BCUT2D eigenvalue weighted by molar-refractivity contribution is 6.04. The molecule has 2 aromatic rings. The molecule has 0 spiro atoms. The molecule has 28 heavy (non-hydrogen) atoms. The van der Waals surface area contributed by atoms with E-state index in [0.717, 1.165) is 49.2 Å². The summed E-state index contributed by atoms with van der Waals surface area (Å²) >= 11 is 0. The number of aromatic nitrogens is 1. The van der Waals surface area contributed by atoms with Crippen LogP contribution in [0.5, 0.6) is 0 Å². The maximum absolute atomic E-state index is 12.7. The van der Waals surface area contributed by atoms with Crippen molar-refractivity contribution >= 4 is 23.0 Å². The topological polar surface area (TPSA) is 57.7 Å². The van der Waals surface area contributed by atoms with Gasteiger partial charge < -0.3 is 19.9 Å². The number of rotatable bonds is 4. The van der Waals surface area contributed by atoms with Crippen molar-refractivity contribution in [2.24, 2.45) is 5.92 Å². The van der Waals surface area contributed by atoms with Gasteiger partial charge in [0.15, 0.2) is 0 Å². The summed E-state index contributed by atoms with van der Waals surface area (Å²) in [7, 11) is 0. The minimum absolute atomic E-state index is 0.181. The second-order valence-electron chi connectivity index (χ2n) is 7.64. The third-order valence-electron chi connectivity index (χ3n) is 5.63. The molecule has 1 amide bonds. The maximum Gasteiger partial charge on any atom is 0.274 e. The van der Waals surface area contributed by atoms with Crippen molar-refractivity contribution < 1.29 is 9.53 Å². The lowest BCUT2D eigenvalue weighted by Crippen LogP contribution is -2.36. The van der Waals surface area contributed by atoms with Crippen molar-refractivity contribution in [3.05, 3.63) is 48.3 Å². The van der Waals surface area contributed by atoms with E-state index in [0.29, 0.717) is 18.9 Å². The Hall–Kier alpha value is -2.60. The fraction of sp³-hybridized carbons (Fsp3) is 0.455. The number of pyridine rings is 1. The molecule has 4 rings (SSSR count). The molecule has 1 N–H and O–H groups in total. The minimum Gasteiger partial charge on any atom is -0.378 e. The summed E-state index contributed by atoms with van der Waals surface area (Å²) in [6, 6.07) is 11.7. The van der Waals surface area contributed by atoms with E-state index in [-0.39, 0.29) is 5.91 Å². The number of amides is 1. The smallest absolute Gasteiger partial charge is 0.274 e. The van der Waals surface area contributed by atoms with Gasteiger partial charge in [-0.2, -0.15) is 0 Å². The van der Waals surface area contributed by atoms with Gasteiger partial charge in [0.05, 0.1) is 36.5 Å². The Labute approximate surface area is 166 Å². The van der Waals surface area contributed by atoms with Crippen molar-refractivity contribution in [3.63, 3.8) is 0 Å². The standard InChI is InChI=1S/C22H28N4O2/c1-17-8-10-25(11-9-17)18-6-7-20(23-16-18)22(27)24-19-4-2-3-5-21(19)26-12-14-28-15-13-26/h2-7,16-17H,8-15H2,1H3,(H,24,27). The van der Waals surface area contributed by atoms with Gasteiger partial charge in [0.1, 0.15) is 5.69 Å². The number of piperidine rings is 1. The highest BCUT2D eigenvalue weighted by Gasteiger charge is 2.18. The number of carbonyl (C=O) groups excluding carboxylic acids is 1. The number of nitrogens with zero attached hydrogens (tertiary/aromatic N) is 3. The molecule has 6 heteroatoms. The van der Waals surface area contributed by atoms with E-state index < -0.39 is 0 Å². The van der Waals surface area contributed by atoms with Crippen LogP contribution in [0.1, 0.15) is 30.3 Å². The first-order valence-electron chi connectivity index (χ1n) is 10.1. The van der Waals surface area contributed by atoms with Crippen molar-refractivity contribution in [2.45, 2.75) is 19.8 Å². The van der Waals surface area contributed by atoms with Crippen molar-refractivity contribution in [3.8, 4) is 0 Å². The van der Waals surface area contributed by atoms with Gasteiger partial charge in [0.25, 0.3) is 5.91 Å². The number of ether oxygens (including phenoxy) is 1. The molecule has 0 aliphatic carbocycles. The quantitative estimate of drug-likeness (QED) is 0.881. The Balaban J connectivity index is 1.44. The first-order chi connectivity index (χ1) is 13.7. The molecule has 2 aliphatic heterocycles. The zero-order valence-corrected chi connectivity index (χ0v) is 16.4. The second kappa shape index (κ2) is 8.61. The summed E-state index contributed by atoms with van der Waals surface area (Å²) in [6.07, 6.45) is 4.24. The normalized spacial score (nSPS) is 18.2. The van der Waals surface area contributed by atoms with Gasteiger partial charge in [-0.3, -0.25) is 4.79 Å². The van der Waals surface area contributed by atoms with Gasteiger partial charge in [-0.1, -0.05) is 19.1 Å². The summed E-state index contributed by atoms with van der Waals surface area (Å²) in [5.74, 6) is 0.611. The van der Waals surface area contributed by atoms with Gasteiger partial charge in [-0.05, 0) is 43.0 Å². The number of nitrogens with one attached hydrogen (secondary N) is 1. The molecule has 0 saturated carbocycles. The fourth-order valence-corrected chi connectivity index (χ4v) is 3.82. The maximum atomic E-state index is 12.7. The molecule has 0 atom stereocenters. The molecule has 1 aromatic heterocycles.